The molecule has 0 radical (unpaired) electrons. The molecule has 0 aromatic carbocycles. The van der Waals surface area contributed by atoms with E-state index in [9.17, 15) is 4.79 Å². The number of carbonyl (C=O) groups excluding carboxylic acids is 1. The van der Waals surface area contributed by atoms with E-state index in [1.165, 1.54) is 11.8 Å². The first-order valence-electron chi connectivity index (χ1n) is 5.81. The molecule has 0 fully saturated rings. The average Bonchev–Trinajstić information content (AvgIpc) is 2.77. The lowest BCUT2D eigenvalue weighted by Gasteiger charge is -2.04. The summed E-state index contributed by atoms with van der Waals surface area (Å²) in [6.45, 7) is 7.90. The van der Waals surface area contributed by atoms with Gasteiger partial charge in [0.05, 0.1) is 5.75 Å². The van der Waals surface area contributed by atoms with Crippen molar-refractivity contribution >= 4 is 23.4 Å². The molecular formula is C12H15N5OS. The van der Waals surface area contributed by atoms with Crippen molar-refractivity contribution in [2.24, 2.45) is 0 Å². The predicted octanol–water partition coefficient (Wildman–Crippen LogP) is 1.14. The van der Waals surface area contributed by atoms with Gasteiger partial charge >= 0.3 is 0 Å². The van der Waals surface area contributed by atoms with Crippen molar-refractivity contribution in [2.75, 3.05) is 12.3 Å². The molecule has 0 aliphatic rings. The third kappa shape index (κ3) is 3.11. The van der Waals surface area contributed by atoms with Crippen LogP contribution in [-0.2, 0) is 4.79 Å². The predicted molar refractivity (Wildman–Crippen MR) is 74.2 cm³/mol. The summed E-state index contributed by atoms with van der Waals surface area (Å²) in [6, 6.07) is 1.96. The maximum Gasteiger partial charge on any atom is 0.256 e. The molecule has 100 valence electrons. The Morgan fingerprint density at radius 3 is 3.05 bits per heavy atom. The van der Waals surface area contributed by atoms with Gasteiger partial charge in [-0.1, -0.05) is 17.8 Å². The third-order valence-electron chi connectivity index (χ3n) is 2.44. The number of thioether (sulfide) groups is 1. The van der Waals surface area contributed by atoms with E-state index in [-0.39, 0.29) is 5.91 Å². The van der Waals surface area contributed by atoms with Gasteiger partial charge in [0.15, 0.2) is 5.16 Å². The summed E-state index contributed by atoms with van der Waals surface area (Å²) in [6.07, 6.45) is 1.64. The molecule has 0 aliphatic heterocycles. The fourth-order valence-electron chi connectivity index (χ4n) is 1.66. The van der Waals surface area contributed by atoms with Crippen LogP contribution < -0.4 is 5.32 Å². The van der Waals surface area contributed by atoms with Crippen molar-refractivity contribution in [2.45, 2.75) is 19.0 Å². The zero-order chi connectivity index (χ0) is 13.8. The van der Waals surface area contributed by atoms with E-state index in [1.807, 2.05) is 24.3 Å². The molecule has 2 heterocycles. The first kappa shape index (κ1) is 13.5. The van der Waals surface area contributed by atoms with Gasteiger partial charge < -0.3 is 5.32 Å². The number of aryl methyl sites for hydroxylation is 2. The second-order valence-electron chi connectivity index (χ2n) is 4.04. The van der Waals surface area contributed by atoms with E-state index in [1.54, 1.807) is 6.08 Å². The van der Waals surface area contributed by atoms with E-state index in [0.29, 0.717) is 23.2 Å². The third-order valence-corrected chi connectivity index (χ3v) is 3.37. The molecule has 0 bridgehead atoms. The molecule has 2 rings (SSSR count). The molecule has 1 amide bonds. The van der Waals surface area contributed by atoms with Crippen molar-refractivity contribution < 1.29 is 4.79 Å². The zero-order valence-corrected chi connectivity index (χ0v) is 11.7. The molecule has 2 aromatic heterocycles. The summed E-state index contributed by atoms with van der Waals surface area (Å²) in [4.78, 5) is 15.8. The van der Waals surface area contributed by atoms with Crippen molar-refractivity contribution in [3.05, 3.63) is 30.1 Å². The van der Waals surface area contributed by atoms with Gasteiger partial charge in [0.25, 0.3) is 5.78 Å². The van der Waals surface area contributed by atoms with Crippen LogP contribution in [0.15, 0.2) is 23.9 Å². The minimum Gasteiger partial charge on any atom is -0.352 e. The van der Waals surface area contributed by atoms with Crippen molar-refractivity contribution in [3.8, 4) is 0 Å². The Balaban J connectivity index is 2.13. The number of fused-ring (bicyclic) bond motifs is 1. The highest BCUT2D eigenvalue weighted by Gasteiger charge is 2.11. The second kappa shape index (κ2) is 5.83. The summed E-state index contributed by atoms with van der Waals surface area (Å²) < 4.78 is 1.85. The summed E-state index contributed by atoms with van der Waals surface area (Å²) in [5.41, 5.74) is 1.90. The van der Waals surface area contributed by atoms with Crippen LogP contribution in [-0.4, -0.2) is 37.8 Å². The fourth-order valence-corrected chi connectivity index (χ4v) is 2.48. The van der Waals surface area contributed by atoms with Gasteiger partial charge in [-0.05, 0) is 19.9 Å². The molecule has 0 saturated heterocycles. The summed E-state index contributed by atoms with van der Waals surface area (Å²) in [5.74, 6) is 0.799. The number of hydrogen-bond acceptors (Lipinski definition) is 5. The molecule has 6 nitrogen and oxygen atoms in total. The largest absolute Gasteiger partial charge is 0.352 e. The Hall–Kier alpha value is -1.89. The molecule has 0 unspecified atom stereocenters. The maximum absolute atomic E-state index is 11.5. The number of nitrogens with zero attached hydrogens (tertiary/aromatic N) is 4. The highest BCUT2D eigenvalue weighted by Crippen LogP contribution is 2.18. The smallest absolute Gasteiger partial charge is 0.256 e. The lowest BCUT2D eigenvalue weighted by atomic mass is 10.3. The van der Waals surface area contributed by atoms with Crippen LogP contribution in [0.4, 0.5) is 0 Å². The van der Waals surface area contributed by atoms with Crippen LogP contribution in [0, 0.1) is 13.8 Å². The lowest BCUT2D eigenvalue weighted by Crippen LogP contribution is -2.25. The summed E-state index contributed by atoms with van der Waals surface area (Å²) >= 11 is 1.34. The maximum atomic E-state index is 11.5. The quantitative estimate of drug-likeness (QED) is 0.655. The Morgan fingerprint density at radius 1 is 1.53 bits per heavy atom. The van der Waals surface area contributed by atoms with Crippen molar-refractivity contribution in [3.63, 3.8) is 0 Å². The second-order valence-corrected chi connectivity index (χ2v) is 4.98. The van der Waals surface area contributed by atoms with E-state index >= 15 is 0 Å². The van der Waals surface area contributed by atoms with Crippen LogP contribution in [0.3, 0.4) is 0 Å². The Labute approximate surface area is 115 Å². The topological polar surface area (TPSA) is 72.2 Å². The normalized spacial score (nSPS) is 10.6. The van der Waals surface area contributed by atoms with E-state index in [2.05, 4.69) is 27.1 Å². The van der Waals surface area contributed by atoms with E-state index in [4.69, 9.17) is 0 Å². The Morgan fingerprint density at radius 2 is 2.32 bits per heavy atom. The van der Waals surface area contributed by atoms with E-state index < -0.39 is 0 Å². The number of amides is 1. The zero-order valence-electron chi connectivity index (χ0n) is 10.9. The van der Waals surface area contributed by atoms with Gasteiger partial charge in [-0.2, -0.15) is 0 Å². The summed E-state index contributed by atoms with van der Waals surface area (Å²) in [7, 11) is 0. The number of aromatic nitrogens is 4. The molecule has 0 atom stereocenters. The minimum atomic E-state index is -0.0561. The number of rotatable bonds is 5. The standard InChI is InChI=1S/C12H15N5OS/c1-4-5-13-10(18)7-19-12-16-15-11-14-8(2)6-9(3)17(11)12/h4,6H,1,5,7H2,2-3H3,(H,13,18). The van der Waals surface area contributed by atoms with Crippen LogP contribution >= 0.6 is 11.8 Å². The molecule has 7 heteroatoms. The van der Waals surface area contributed by atoms with Gasteiger partial charge in [0.1, 0.15) is 0 Å². The number of nitrogens with one attached hydrogen (secondary N) is 1. The number of carbonyl (C=O) groups is 1. The lowest BCUT2D eigenvalue weighted by molar-refractivity contribution is -0.118. The SMILES string of the molecule is C=CCNC(=O)CSc1nnc2nc(C)cc(C)n12. The highest BCUT2D eigenvalue weighted by atomic mass is 32.2. The van der Waals surface area contributed by atoms with Gasteiger partial charge in [-0.25, -0.2) is 4.98 Å². The monoisotopic (exact) mass is 277 g/mol. The van der Waals surface area contributed by atoms with Crippen LogP contribution in [0.25, 0.3) is 5.78 Å². The first-order chi connectivity index (χ1) is 9.11. The molecular weight excluding hydrogens is 262 g/mol. The van der Waals surface area contributed by atoms with Crippen LogP contribution in [0.2, 0.25) is 0 Å². The first-order valence-corrected chi connectivity index (χ1v) is 6.80. The van der Waals surface area contributed by atoms with Gasteiger partial charge in [0.2, 0.25) is 5.91 Å². The van der Waals surface area contributed by atoms with Crippen LogP contribution in [0.5, 0.6) is 0 Å². The molecule has 1 N–H and O–H groups in total. The van der Waals surface area contributed by atoms with Crippen LogP contribution in [0.1, 0.15) is 11.4 Å². The van der Waals surface area contributed by atoms with E-state index in [0.717, 1.165) is 11.4 Å². The fraction of sp³-hybridized carbons (Fsp3) is 0.333. The average molecular weight is 277 g/mol. The van der Waals surface area contributed by atoms with Gasteiger partial charge in [-0.15, -0.1) is 16.8 Å². The molecule has 0 aliphatic carbocycles. The number of hydrogen-bond donors (Lipinski definition) is 1. The Kier molecular flexibility index (Phi) is 4.16. The summed E-state index contributed by atoms with van der Waals surface area (Å²) in [5, 5.41) is 11.5. The van der Waals surface area contributed by atoms with Gasteiger partial charge in [0, 0.05) is 17.9 Å². The minimum absolute atomic E-state index is 0.0561. The molecule has 0 saturated carbocycles. The van der Waals surface area contributed by atoms with Crippen molar-refractivity contribution in [1.29, 1.82) is 0 Å². The molecule has 0 spiro atoms. The van der Waals surface area contributed by atoms with Gasteiger partial charge in [-0.3, -0.25) is 9.20 Å². The molecule has 19 heavy (non-hydrogen) atoms. The molecule has 2 aromatic rings. The Bertz CT molecular complexity index is 622. The van der Waals surface area contributed by atoms with Crippen molar-refractivity contribution in [1.82, 2.24) is 24.9 Å². The highest BCUT2D eigenvalue weighted by molar-refractivity contribution is 7.99.